The maximum Gasteiger partial charge on any atom is 0.222 e. The van der Waals surface area contributed by atoms with Crippen LogP contribution in [0.2, 0.25) is 0 Å². The number of piperidine rings is 1. The van der Waals surface area contributed by atoms with Crippen LogP contribution < -0.4 is 4.74 Å². The highest BCUT2D eigenvalue weighted by molar-refractivity contribution is 5.88. The van der Waals surface area contributed by atoms with Crippen molar-refractivity contribution in [3.63, 3.8) is 0 Å². The van der Waals surface area contributed by atoms with Gasteiger partial charge in [-0.3, -0.25) is 9.78 Å². The number of benzene rings is 2. The fourth-order valence-electron chi connectivity index (χ4n) is 3.96. The molecular weight excluding hydrogens is 348 g/mol. The molecule has 0 N–H and O–H groups in total. The van der Waals surface area contributed by atoms with Gasteiger partial charge in [-0.15, -0.1) is 0 Å². The molecule has 4 nitrogen and oxygen atoms in total. The Kier molecular flexibility index (Phi) is 5.29. The zero-order chi connectivity index (χ0) is 19.5. The standard InChI is InChI=1S/C24H26N2O2/c1-3-23(27)26-15-12-21(13-16-26)28-20-9-6-18(7-10-20)22-11-8-19-5-4-14-25-24(19)17(22)2/h4-11,14,21H,3,12-13,15-16H2,1-2H3. The second-order valence-electron chi connectivity index (χ2n) is 7.39. The molecule has 0 radical (unpaired) electrons. The van der Waals surface area contributed by atoms with Crippen LogP contribution in [0, 0.1) is 6.92 Å². The summed E-state index contributed by atoms with van der Waals surface area (Å²) in [5.41, 5.74) is 4.61. The molecule has 1 aliphatic rings. The summed E-state index contributed by atoms with van der Waals surface area (Å²) < 4.78 is 6.16. The molecule has 1 fully saturated rings. The number of nitrogens with zero attached hydrogens (tertiary/aromatic N) is 2. The van der Waals surface area contributed by atoms with E-state index >= 15 is 0 Å². The lowest BCUT2D eigenvalue weighted by atomic mass is 9.98. The van der Waals surface area contributed by atoms with E-state index in [1.165, 1.54) is 16.7 Å². The van der Waals surface area contributed by atoms with Gasteiger partial charge >= 0.3 is 0 Å². The molecule has 1 amide bonds. The van der Waals surface area contributed by atoms with Gasteiger partial charge in [0.05, 0.1) is 5.52 Å². The van der Waals surface area contributed by atoms with Gasteiger partial charge in [0.25, 0.3) is 0 Å². The van der Waals surface area contributed by atoms with Gasteiger partial charge in [0.2, 0.25) is 5.91 Å². The first-order chi connectivity index (χ1) is 13.7. The first-order valence-corrected chi connectivity index (χ1v) is 10.0. The van der Waals surface area contributed by atoms with Gasteiger partial charge in [-0.05, 0) is 41.8 Å². The number of ether oxygens (including phenoxy) is 1. The number of carbonyl (C=O) groups excluding carboxylic acids is 1. The molecule has 2 aromatic carbocycles. The van der Waals surface area contributed by atoms with Crippen LogP contribution in [0.15, 0.2) is 54.7 Å². The number of pyridine rings is 1. The minimum Gasteiger partial charge on any atom is -0.490 e. The average molecular weight is 374 g/mol. The van der Waals surface area contributed by atoms with Gasteiger partial charge in [-0.25, -0.2) is 0 Å². The summed E-state index contributed by atoms with van der Waals surface area (Å²) in [6.45, 7) is 5.62. The molecule has 4 heteroatoms. The van der Waals surface area contributed by atoms with Crippen molar-refractivity contribution in [2.75, 3.05) is 13.1 Å². The van der Waals surface area contributed by atoms with E-state index in [1.54, 1.807) is 0 Å². The molecule has 0 saturated carbocycles. The topological polar surface area (TPSA) is 42.4 Å². The Balaban J connectivity index is 1.45. The van der Waals surface area contributed by atoms with Crippen molar-refractivity contribution < 1.29 is 9.53 Å². The molecule has 4 rings (SSSR count). The Bertz CT molecular complexity index is 974. The maximum atomic E-state index is 11.8. The summed E-state index contributed by atoms with van der Waals surface area (Å²) in [6, 6.07) is 16.7. The van der Waals surface area contributed by atoms with E-state index in [4.69, 9.17) is 4.74 Å². The second kappa shape index (κ2) is 8.01. The number of aryl methyl sites for hydroxylation is 1. The predicted molar refractivity (Wildman–Crippen MR) is 112 cm³/mol. The van der Waals surface area contributed by atoms with Crippen molar-refractivity contribution in [1.82, 2.24) is 9.88 Å². The predicted octanol–water partition coefficient (Wildman–Crippen LogP) is 4.99. The van der Waals surface area contributed by atoms with E-state index in [9.17, 15) is 4.79 Å². The molecular formula is C24H26N2O2. The maximum absolute atomic E-state index is 11.8. The average Bonchev–Trinajstić information content (AvgIpc) is 2.75. The van der Waals surface area contributed by atoms with E-state index in [0.29, 0.717) is 6.42 Å². The van der Waals surface area contributed by atoms with Crippen molar-refractivity contribution >= 4 is 16.8 Å². The van der Waals surface area contributed by atoms with E-state index in [0.717, 1.165) is 42.6 Å². The monoisotopic (exact) mass is 374 g/mol. The third-order valence-corrected chi connectivity index (χ3v) is 5.59. The van der Waals surface area contributed by atoms with Crippen LogP contribution in [0.3, 0.4) is 0 Å². The lowest BCUT2D eigenvalue weighted by Gasteiger charge is -2.32. The normalized spacial score (nSPS) is 15.0. The van der Waals surface area contributed by atoms with Crippen LogP contribution in [0.1, 0.15) is 31.7 Å². The van der Waals surface area contributed by atoms with Gasteiger partial charge in [0.15, 0.2) is 0 Å². The fraction of sp³-hybridized carbons (Fsp3) is 0.333. The minimum absolute atomic E-state index is 0.179. The number of hydrogen-bond donors (Lipinski definition) is 0. The number of hydrogen-bond acceptors (Lipinski definition) is 3. The highest BCUT2D eigenvalue weighted by Crippen LogP contribution is 2.30. The van der Waals surface area contributed by atoms with Crippen molar-refractivity contribution in [1.29, 1.82) is 0 Å². The summed E-state index contributed by atoms with van der Waals surface area (Å²) in [5.74, 6) is 1.13. The Morgan fingerprint density at radius 3 is 2.57 bits per heavy atom. The Morgan fingerprint density at radius 1 is 1.11 bits per heavy atom. The van der Waals surface area contributed by atoms with Crippen molar-refractivity contribution in [2.45, 2.75) is 39.2 Å². The highest BCUT2D eigenvalue weighted by atomic mass is 16.5. The lowest BCUT2D eigenvalue weighted by Crippen LogP contribution is -2.41. The van der Waals surface area contributed by atoms with Crippen LogP contribution in [0.25, 0.3) is 22.0 Å². The first kappa shape index (κ1) is 18.5. The number of amides is 1. The summed E-state index contributed by atoms with van der Waals surface area (Å²) in [5, 5.41) is 1.16. The first-order valence-electron chi connectivity index (χ1n) is 10.0. The second-order valence-corrected chi connectivity index (χ2v) is 7.39. The summed E-state index contributed by atoms with van der Waals surface area (Å²) in [6.07, 6.45) is 4.39. The molecule has 144 valence electrons. The molecule has 3 aromatic rings. The minimum atomic E-state index is 0.179. The lowest BCUT2D eigenvalue weighted by molar-refractivity contribution is -0.132. The number of fused-ring (bicyclic) bond motifs is 1. The molecule has 0 aliphatic carbocycles. The van der Waals surface area contributed by atoms with E-state index in [1.807, 2.05) is 36.2 Å². The summed E-state index contributed by atoms with van der Waals surface area (Å²) in [7, 11) is 0. The fourth-order valence-corrected chi connectivity index (χ4v) is 3.96. The Hall–Kier alpha value is -2.88. The van der Waals surface area contributed by atoms with Crippen LogP contribution in [-0.2, 0) is 4.79 Å². The van der Waals surface area contributed by atoms with Crippen LogP contribution in [0.4, 0.5) is 0 Å². The quantitative estimate of drug-likeness (QED) is 0.646. The van der Waals surface area contributed by atoms with E-state index in [-0.39, 0.29) is 12.0 Å². The molecule has 1 saturated heterocycles. The third-order valence-electron chi connectivity index (χ3n) is 5.59. The molecule has 28 heavy (non-hydrogen) atoms. The highest BCUT2D eigenvalue weighted by Gasteiger charge is 2.22. The van der Waals surface area contributed by atoms with Gasteiger partial charge in [0.1, 0.15) is 11.9 Å². The molecule has 0 spiro atoms. The number of rotatable bonds is 4. The van der Waals surface area contributed by atoms with Crippen LogP contribution in [0.5, 0.6) is 5.75 Å². The molecule has 1 aromatic heterocycles. The van der Waals surface area contributed by atoms with Crippen LogP contribution >= 0.6 is 0 Å². The smallest absolute Gasteiger partial charge is 0.222 e. The van der Waals surface area contributed by atoms with Crippen LogP contribution in [-0.4, -0.2) is 35.0 Å². The van der Waals surface area contributed by atoms with Gasteiger partial charge in [0, 0.05) is 43.9 Å². The van der Waals surface area contributed by atoms with Gasteiger partial charge in [-0.1, -0.05) is 37.3 Å². The SMILES string of the molecule is CCC(=O)N1CCC(Oc2ccc(-c3ccc4cccnc4c3C)cc2)CC1. The molecule has 1 aliphatic heterocycles. The Labute approximate surface area is 166 Å². The summed E-state index contributed by atoms with van der Waals surface area (Å²) >= 11 is 0. The van der Waals surface area contributed by atoms with Crippen molar-refractivity contribution in [2.24, 2.45) is 0 Å². The molecule has 0 unspecified atom stereocenters. The Morgan fingerprint density at radius 2 is 1.86 bits per heavy atom. The number of aromatic nitrogens is 1. The largest absolute Gasteiger partial charge is 0.490 e. The van der Waals surface area contributed by atoms with E-state index < -0.39 is 0 Å². The van der Waals surface area contributed by atoms with Gasteiger partial charge < -0.3 is 9.64 Å². The van der Waals surface area contributed by atoms with Gasteiger partial charge in [-0.2, -0.15) is 0 Å². The third kappa shape index (κ3) is 3.72. The number of likely N-dealkylation sites (tertiary alicyclic amines) is 1. The van der Waals surface area contributed by atoms with Crippen molar-refractivity contribution in [3.05, 3.63) is 60.3 Å². The van der Waals surface area contributed by atoms with Crippen molar-refractivity contribution in [3.8, 4) is 16.9 Å². The number of carbonyl (C=O) groups is 1. The molecule has 0 atom stereocenters. The zero-order valence-corrected chi connectivity index (χ0v) is 16.5. The molecule has 0 bridgehead atoms. The van der Waals surface area contributed by atoms with E-state index in [2.05, 4.69) is 42.2 Å². The zero-order valence-electron chi connectivity index (χ0n) is 16.5. The summed E-state index contributed by atoms with van der Waals surface area (Å²) in [4.78, 5) is 18.3. The molecule has 2 heterocycles.